The second kappa shape index (κ2) is 4.94. The van der Waals surface area contributed by atoms with Gasteiger partial charge in [-0.05, 0) is 24.1 Å². The van der Waals surface area contributed by atoms with E-state index in [0.717, 1.165) is 11.1 Å². The lowest BCUT2D eigenvalue weighted by Crippen LogP contribution is -2.29. The zero-order chi connectivity index (χ0) is 12.3. The van der Waals surface area contributed by atoms with Gasteiger partial charge in [-0.2, -0.15) is 5.10 Å². The van der Waals surface area contributed by atoms with Crippen molar-refractivity contribution in [2.45, 2.75) is 12.5 Å². The van der Waals surface area contributed by atoms with Crippen LogP contribution in [-0.4, -0.2) is 10.2 Å². The van der Waals surface area contributed by atoms with Gasteiger partial charge in [-0.3, -0.25) is 16.4 Å². The van der Waals surface area contributed by atoms with Crippen molar-refractivity contribution in [3.63, 3.8) is 0 Å². The minimum atomic E-state index is -0.256. The maximum Gasteiger partial charge on any atom is 0.123 e. The molecule has 6 heteroatoms. The minimum absolute atomic E-state index is 0.154. The number of nitrogen functional groups attached to an aromatic ring is 1. The van der Waals surface area contributed by atoms with E-state index in [1.54, 1.807) is 18.3 Å². The Labute approximate surface area is 98.0 Å². The topological polar surface area (TPSA) is 92.7 Å². The first-order valence-electron chi connectivity index (χ1n) is 5.20. The van der Waals surface area contributed by atoms with Crippen LogP contribution in [0.5, 0.6) is 0 Å². The highest BCUT2D eigenvalue weighted by atomic mass is 19.1. The molecule has 0 radical (unpaired) electrons. The summed E-state index contributed by atoms with van der Waals surface area (Å²) in [7, 11) is 0. The van der Waals surface area contributed by atoms with Crippen molar-refractivity contribution in [3.8, 4) is 0 Å². The van der Waals surface area contributed by atoms with Crippen LogP contribution >= 0.6 is 0 Å². The molecule has 5 nitrogen and oxygen atoms in total. The molecule has 0 fully saturated rings. The Balaban J connectivity index is 2.16. The van der Waals surface area contributed by atoms with Gasteiger partial charge in [-0.15, -0.1) is 0 Å². The Morgan fingerprint density at radius 3 is 2.59 bits per heavy atom. The molecule has 0 saturated carbocycles. The molecule has 6 N–H and O–H groups in total. The molecule has 17 heavy (non-hydrogen) atoms. The van der Waals surface area contributed by atoms with E-state index in [-0.39, 0.29) is 11.9 Å². The predicted molar refractivity (Wildman–Crippen MR) is 63.2 cm³/mol. The first kappa shape index (κ1) is 11.6. The number of rotatable bonds is 4. The van der Waals surface area contributed by atoms with Crippen molar-refractivity contribution >= 4 is 5.82 Å². The van der Waals surface area contributed by atoms with Crippen LogP contribution in [0.1, 0.15) is 17.2 Å². The number of aromatic nitrogens is 2. The summed E-state index contributed by atoms with van der Waals surface area (Å²) < 4.78 is 12.8. The fourth-order valence-corrected chi connectivity index (χ4v) is 1.70. The number of hydrazine groups is 1. The van der Waals surface area contributed by atoms with Crippen molar-refractivity contribution in [2.75, 3.05) is 5.73 Å². The van der Waals surface area contributed by atoms with Crippen LogP contribution in [0, 0.1) is 5.82 Å². The molecule has 0 amide bonds. The number of nitrogens with two attached hydrogens (primary N) is 2. The van der Waals surface area contributed by atoms with Gasteiger partial charge in [-0.1, -0.05) is 12.1 Å². The van der Waals surface area contributed by atoms with Crippen molar-refractivity contribution in [1.82, 2.24) is 15.6 Å². The Morgan fingerprint density at radius 1 is 1.35 bits per heavy atom. The summed E-state index contributed by atoms with van der Waals surface area (Å²) in [4.78, 5) is 0. The maximum atomic E-state index is 12.8. The van der Waals surface area contributed by atoms with Crippen molar-refractivity contribution in [1.29, 1.82) is 0 Å². The summed E-state index contributed by atoms with van der Waals surface area (Å²) in [6.07, 6.45) is 2.24. The molecule has 0 saturated heterocycles. The third kappa shape index (κ3) is 2.61. The Morgan fingerprint density at radius 2 is 2.06 bits per heavy atom. The Hall–Kier alpha value is -1.92. The van der Waals surface area contributed by atoms with Crippen molar-refractivity contribution in [3.05, 3.63) is 47.4 Å². The van der Waals surface area contributed by atoms with E-state index in [1.165, 1.54) is 12.1 Å². The molecule has 1 aromatic carbocycles. The molecule has 1 heterocycles. The number of H-pyrrole nitrogens is 1. The summed E-state index contributed by atoms with van der Waals surface area (Å²) in [5, 5.41) is 6.49. The lowest BCUT2D eigenvalue weighted by atomic mass is 10.0. The van der Waals surface area contributed by atoms with Crippen LogP contribution in [0.3, 0.4) is 0 Å². The van der Waals surface area contributed by atoms with E-state index in [2.05, 4.69) is 15.6 Å². The van der Waals surface area contributed by atoms with Gasteiger partial charge in [0.25, 0.3) is 0 Å². The van der Waals surface area contributed by atoms with E-state index < -0.39 is 0 Å². The normalized spacial score (nSPS) is 12.6. The van der Waals surface area contributed by atoms with Gasteiger partial charge in [-0.25, -0.2) is 4.39 Å². The Kier molecular flexibility index (Phi) is 3.36. The molecule has 2 rings (SSSR count). The maximum absolute atomic E-state index is 12.8. The SMILES string of the molecule is NNC(Cc1ccc(F)cc1)c1cn[nH]c1N. The Bertz CT molecular complexity index is 479. The van der Waals surface area contributed by atoms with Crippen LogP contribution in [-0.2, 0) is 6.42 Å². The first-order valence-corrected chi connectivity index (χ1v) is 5.20. The summed E-state index contributed by atoms with van der Waals surface area (Å²) in [5.74, 6) is 5.72. The standard InChI is InChI=1S/C11H14FN5/c12-8-3-1-7(2-4-8)5-10(16-14)9-6-15-17-11(9)13/h1-4,6,10,16H,5,14H2,(H3,13,15,17). The number of benzene rings is 1. The van der Waals surface area contributed by atoms with Gasteiger partial charge >= 0.3 is 0 Å². The fraction of sp³-hybridized carbons (Fsp3) is 0.182. The number of nitrogens with one attached hydrogen (secondary N) is 2. The molecular formula is C11H14FN5. The molecule has 0 bridgehead atoms. The zero-order valence-electron chi connectivity index (χ0n) is 9.15. The number of hydrogen-bond donors (Lipinski definition) is 4. The molecule has 0 aliphatic rings. The molecule has 1 unspecified atom stereocenters. The van der Waals surface area contributed by atoms with Crippen LogP contribution in [0.25, 0.3) is 0 Å². The highest BCUT2D eigenvalue weighted by Gasteiger charge is 2.15. The highest BCUT2D eigenvalue weighted by Crippen LogP contribution is 2.21. The highest BCUT2D eigenvalue weighted by molar-refractivity contribution is 5.40. The quantitative estimate of drug-likeness (QED) is 0.467. The molecule has 0 spiro atoms. The van der Waals surface area contributed by atoms with Crippen LogP contribution in [0.2, 0.25) is 0 Å². The van der Waals surface area contributed by atoms with E-state index in [9.17, 15) is 4.39 Å². The summed E-state index contributed by atoms with van der Waals surface area (Å²) in [5.41, 5.74) is 10.2. The smallest absolute Gasteiger partial charge is 0.123 e. The van der Waals surface area contributed by atoms with E-state index in [1.807, 2.05) is 0 Å². The molecule has 2 aromatic rings. The number of anilines is 1. The van der Waals surface area contributed by atoms with E-state index >= 15 is 0 Å². The summed E-state index contributed by atoms with van der Waals surface area (Å²) >= 11 is 0. The van der Waals surface area contributed by atoms with Crippen LogP contribution in [0.15, 0.2) is 30.5 Å². The second-order valence-electron chi connectivity index (χ2n) is 3.79. The van der Waals surface area contributed by atoms with Crippen molar-refractivity contribution < 1.29 is 4.39 Å². The molecule has 1 atom stereocenters. The zero-order valence-corrected chi connectivity index (χ0v) is 9.15. The third-order valence-corrected chi connectivity index (χ3v) is 2.63. The monoisotopic (exact) mass is 235 g/mol. The van der Waals surface area contributed by atoms with Gasteiger partial charge in [0.05, 0.1) is 12.2 Å². The molecule has 1 aromatic heterocycles. The third-order valence-electron chi connectivity index (χ3n) is 2.63. The average molecular weight is 235 g/mol. The molecule has 0 aliphatic heterocycles. The van der Waals surface area contributed by atoms with Crippen LogP contribution < -0.4 is 17.0 Å². The van der Waals surface area contributed by atoms with Crippen molar-refractivity contribution in [2.24, 2.45) is 5.84 Å². The van der Waals surface area contributed by atoms with Gasteiger partial charge in [0, 0.05) is 5.56 Å². The lowest BCUT2D eigenvalue weighted by molar-refractivity contribution is 0.552. The number of hydrogen-bond acceptors (Lipinski definition) is 4. The summed E-state index contributed by atoms with van der Waals surface area (Å²) in [6, 6.07) is 6.12. The van der Waals surface area contributed by atoms with Gasteiger partial charge < -0.3 is 5.73 Å². The number of nitrogens with zero attached hydrogens (tertiary/aromatic N) is 1. The average Bonchev–Trinajstić information content (AvgIpc) is 2.75. The minimum Gasteiger partial charge on any atom is -0.384 e. The van der Waals surface area contributed by atoms with Gasteiger partial charge in [0.15, 0.2) is 0 Å². The molecule has 90 valence electrons. The predicted octanol–water partition coefficient (Wildman–Crippen LogP) is 0.878. The molecular weight excluding hydrogens is 221 g/mol. The summed E-state index contributed by atoms with van der Waals surface area (Å²) in [6.45, 7) is 0. The van der Waals surface area contributed by atoms with E-state index in [4.69, 9.17) is 11.6 Å². The first-order chi connectivity index (χ1) is 8.20. The van der Waals surface area contributed by atoms with Gasteiger partial charge in [0.2, 0.25) is 0 Å². The number of aromatic amines is 1. The van der Waals surface area contributed by atoms with E-state index in [0.29, 0.717) is 12.2 Å². The number of halogens is 1. The fourth-order valence-electron chi connectivity index (χ4n) is 1.70. The lowest BCUT2D eigenvalue weighted by Gasteiger charge is -2.15. The molecule has 0 aliphatic carbocycles. The van der Waals surface area contributed by atoms with Crippen LogP contribution in [0.4, 0.5) is 10.2 Å². The van der Waals surface area contributed by atoms with Gasteiger partial charge in [0.1, 0.15) is 11.6 Å². The largest absolute Gasteiger partial charge is 0.384 e. The second-order valence-corrected chi connectivity index (χ2v) is 3.79.